The van der Waals surface area contributed by atoms with Gasteiger partial charge in [0.2, 0.25) is 5.88 Å². The number of hydrogen-bond acceptors (Lipinski definition) is 4. The van der Waals surface area contributed by atoms with Gasteiger partial charge in [-0.05, 0) is 24.6 Å². The molecule has 0 atom stereocenters. The lowest BCUT2D eigenvalue weighted by atomic mass is 10.1. The third kappa shape index (κ3) is 2.82. The molecule has 0 fully saturated rings. The summed E-state index contributed by atoms with van der Waals surface area (Å²) in [5.41, 5.74) is -1.13. The molecule has 0 aliphatic heterocycles. The number of halogens is 1. The highest BCUT2D eigenvalue weighted by Gasteiger charge is 2.14. The Morgan fingerprint density at radius 2 is 2.10 bits per heavy atom. The van der Waals surface area contributed by atoms with Crippen molar-refractivity contribution in [3.8, 4) is 5.88 Å². The first-order valence-corrected chi connectivity index (χ1v) is 5.90. The fourth-order valence-electron chi connectivity index (χ4n) is 1.76. The zero-order chi connectivity index (χ0) is 14.7. The predicted octanol–water partition coefficient (Wildman–Crippen LogP) is 1.44. The van der Waals surface area contributed by atoms with Crippen molar-refractivity contribution in [3.05, 3.63) is 56.5 Å². The first kappa shape index (κ1) is 13.7. The molecule has 6 nitrogen and oxygen atoms in total. The van der Waals surface area contributed by atoms with Crippen LogP contribution in [0.4, 0.5) is 10.1 Å². The number of aliphatic imine (C=N–C) groups is 1. The average Bonchev–Trinajstić information content (AvgIpc) is 2.36. The van der Waals surface area contributed by atoms with Crippen LogP contribution in [0.15, 0.2) is 38.8 Å². The van der Waals surface area contributed by atoms with Gasteiger partial charge in [-0.15, -0.1) is 0 Å². The van der Waals surface area contributed by atoms with E-state index in [1.165, 1.54) is 18.2 Å². The molecule has 0 aliphatic carbocycles. The molecule has 0 spiro atoms. The number of nitrogens with zero attached hydrogens (tertiary/aromatic N) is 1. The van der Waals surface area contributed by atoms with E-state index in [9.17, 15) is 19.1 Å². The molecule has 0 aliphatic rings. The van der Waals surface area contributed by atoms with E-state index >= 15 is 0 Å². The first-order chi connectivity index (χ1) is 9.51. The number of hydrogen-bond donors (Lipinski definition) is 3. The number of rotatable bonds is 3. The number of aromatic hydroxyl groups is 1. The van der Waals surface area contributed by atoms with E-state index < -0.39 is 22.9 Å². The fourth-order valence-corrected chi connectivity index (χ4v) is 1.76. The lowest BCUT2D eigenvalue weighted by Crippen LogP contribution is -2.27. The summed E-state index contributed by atoms with van der Waals surface area (Å²) < 4.78 is 13.1. The number of aromatic nitrogens is 2. The third-order valence-corrected chi connectivity index (χ3v) is 2.62. The van der Waals surface area contributed by atoms with Gasteiger partial charge in [0.1, 0.15) is 11.4 Å². The van der Waals surface area contributed by atoms with E-state index in [1.54, 1.807) is 13.0 Å². The van der Waals surface area contributed by atoms with Crippen LogP contribution in [-0.2, 0) is 0 Å². The number of aromatic amines is 2. The Morgan fingerprint density at radius 3 is 2.70 bits per heavy atom. The molecule has 1 aromatic carbocycles. The van der Waals surface area contributed by atoms with Crippen LogP contribution in [0.5, 0.6) is 5.88 Å². The summed E-state index contributed by atoms with van der Waals surface area (Å²) in [6.45, 7) is 1.72. The van der Waals surface area contributed by atoms with Gasteiger partial charge in [-0.25, -0.2) is 9.18 Å². The normalized spacial score (nSPS) is 11.6. The van der Waals surface area contributed by atoms with Crippen molar-refractivity contribution < 1.29 is 9.50 Å². The van der Waals surface area contributed by atoms with E-state index in [2.05, 4.69) is 9.98 Å². The Kier molecular flexibility index (Phi) is 3.79. The number of H-pyrrole nitrogens is 2. The fraction of sp³-hybridized carbons (Fsp3) is 0.154. The van der Waals surface area contributed by atoms with Crippen molar-refractivity contribution in [2.75, 3.05) is 0 Å². The molecule has 7 heteroatoms. The summed E-state index contributed by atoms with van der Waals surface area (Å²) in [6, 6.07) is 5.52. The van der Waals surface area contributed by atoms with Crippen molar-refractivity contribution in [1.29, 1.82) is 0 Å². The highest BCUT2D eigenvalue weighted by molar-refractivity contribution is 6.03. The summed E-state index contributed by atoms with van der Waals surface area (Å²) in [5, 5.41) is 9.68. The van der Waals surface area contributed by atoms with Gasteiger partial charge in [-0.3, -0.25) is 19.8 Å². The Morgan fingerprint density at radius 1 is 1.35 bits per heavy atom. The Hall–Kier alpha value is -2.70. The highest BCUT2D eigenvalue weighted by atomic mass is 19.1. The van der Waals surface area contributed by atoms with Crippen LogP contribution >= 0.6 is 0 Å². The molecular weight excluding hydrogens is 265 g/mol. The van der Waals surface area contributed by atoms with E-state index in [4.69, 9.17) is 0 Å². The van der Waals surface area contributed by atoms with Gasteiger partial charge in [0.25, 0.3) is 5.56 Å². The lowest BCUT2D eigenvalue weighted by Gasteiger charge is -2.05. The molecule has 0 saturated carbocycles. The quantitative estimate of drug-likeness (QED) is 0.740. The van der Waals surface area contributed by atoms with Gasteiger partial charge in [0.05, 0.1) is 11.4 Å². The molecule has 1 aromatic heterocycles. The van der Waals surface area contributed by atoms with Gasteiger partial charge in [0.15, 0.2) is 0 Å². The van der Waals surface area contributed by atoms with Crippen LogP contribution in [0, 0.1) is 5.82 Å². The van der Waals surface area contributed by atoms with Crippen LogP contribution in [0.3, 0.4) is 0 Å². The Balaban J connectivity index is 2.59. The molecule has 0 radical (unpaired) electrons. The maximum atomic E-state index is 13.1. The van der Waals surface area contributed by atoms with Crippen molar-refractivity contribution in [3.63, 3.8) is 0 Å². The molecule has 0 bridgehead atoms. The Bertz CT molecular complexity index is 777. The van der Waals surface area contributed by atoms with E-state index in [1.807, 2.05) is 4.98 Å². The van der Waals surface area contributed by atoms with Crippen molar-refractivity contribution in [2.45, 2.75) is 13.3 Å². The summed E-state index contributed by atoms with van der Waals surface area (Å²) in [5.74, 6) is -1.02. The van der Waals surface area contributed by atoms with Gasteiger partial charge in [-0.2, -0.15) is 0 Å². The summed E-state index contributed by atoms with van der Waals surface area (Å²) in [6.07, 6.45) is 0.319. The van der Waals surface area contributed by atoms with Gasteiger partial charge in [0, 0.05) is 0 Å². The first-order valence-electron chi connectivity index (χ1n) is 5.90. The van der Waals surface area contributed by atoms with Crippen LogP contribution in [-0.4, -0.2) is 20.8 Å². The van der Waals surface area contributed by atoms with Crippen molar-refractivity contribution in [2.24, 2.45) is 4.99 Å². The minimum absolute atomic E-state index is 0.128. The molecule has 2 rings (SSSR count). The summed E-state index contributed by atoms with van der Waals surface area (Å²) >= 11 is 0. The highest BCUT2D eigenvalue weighted by Crippen LogP contribution is 2.17. The van der Waals surface area contributed by atoms with Gasteiger partial charge < -0.3 is 5.11 Å². The van der Waals surface area contributed by atoms with Gasteiger partial charge in [-0.1, -0.05) is 13.0 Å². The number of nitrogens with one attached hydrogen (secondary N) is 2. The molecule has 0 saturated heterocycles. The second-order valence-corrected chi connectivity index (χ2v) is 4.02. The van der Waals surface area contributed by atoms with E-state index in [-0.39, 0.29) is 11.3 Å². The molecule has 0 amide bonds. The standard InChI is InChI=1S/C13H12FN3O3/c1-2-9(15-8-5-3-4-7(14)6-8)10-11(18)16-13(20)17-12(10)19/h3-6H,2H2,1H3,(H3,16,17,18,19,20). The molecule has 3 N–H and O–H groups in total. The van der Waals surface area contributed by atoms with E-state index in [0.29, 0.717) is 12.1 Å². The SMILES string of the molecule is CCC(=Nc1cccc(F)c1)c1c(O)[nH]c(=O)[nH]c1=O. The zero-order valence-electron chi connectivity index (χ0n) is 10.6. The predicted molar refractivity (Wildman–Crippen MR) is 72.2 cm³/mol. The van der Waals surface area contributed by atoms with Crippen LogP contribution in [0.1, 0.15) is 18.9 Å². The lowest BCUT2D eigenvalue weighted by molar-refractivity contribution is 0.447. The molecular formula is C13H12FN3O3. The zero-order valence-corrected chi connectivity index (χ0v) is 10.6. The van der Waals surface area contributed by atoms with Crippen LogP contribution in [0.2, 0.25) is 0 Å². The Labute approximate surface area is 112 Å². The van der Waals surface area contributed by atoms with E-state index in [0.717, 1.165) is 0 Å². The summed E-state index contributed by atoms with van der Waals surface area (Å²) in [4.78, 5) is 31.0. The average molecular weight is 277 g/mol. The smallest absolute Gasteiger partial charge is 0.328 e. The molecule has 104 valence electrons. The monoisotopic (exact) mass is 277 g/mol. The molecule has 20 heavy (non-hydrogen) atoms. The minimum atomic E-state index is -0.808. The van der Waals surface area contributed by atoms with Crippen molar-refractivity contribution in [1.82, 2.24) is 9.97 Å². The van der Waals surface area contributed by atoms with Crippen LogP contribution < -0.4 is 11.2 Å². The maximum absolute atomic E-state index is 13.1. The summed E-state index contributed by atoms with van der Waals surface area (Å²) in [7, 11) is 0. The van der Waals surface area contributed by atoms with Gasteiger partial charge >= 0.3 is 5.69 Å². The maximum Gasteiger partial charge on any atom is 0.328 e. The second kappa shape index (κ2) is 5.52. The molecule has 2 aromatic rings. The number of benzene rings is 1. The second-order valence-electron chi connectivity index (χ2n) is 4.02. The largest absolute Gasteiger partial charge is 0.494 e. The van der Waals surface area contributed by atoms with Crippen molar-refractivity contribution >= 4 is 11.4 Å². The molecule has 1 heterocycles. The third-order valence-electron chi connectivity index (χ3n) is 2.62. The van der Waals surface area contributed by atoms with Crippen LogP contribution in [0.25, 0.3) is 0 Å². The topological polar surface area (TPSA) is 98.3 Å². The molecule has 0 unspecified atom stereocenters. The minimum Gasteiger partial charge on any atom is -0.494 e.